The van der Waals surface area contributed by atoms with Gasteiger partial charge in [0.05, 0.1) is 5.69 Å². The van der Waals surface area contributed by atoms with E-state index in [0.29, 0.717) is 10.3 Å². The molecule has 76 valence electrons. The average Bonchev–Trinajstić information content (AvgIpc) is 2.22. The topological polar surface area (TPSA) is 12.9 Å². The van der Waals surface area contributed by atoms with Gasteiger partial charge in [-0.25, -0.2) is 13.8 Å². The van der Waals surface area contributed by atoms with E-state index in [2.05, 4.69) is 20.9 Å². The molecule has 0 bridgehead atoms. The first-order chi connectivity index (χ1) is 7.18. The molecule has 0 spiro atoms. The molecule has 1 heterocycles. The van der Waals surface area contributed by atoms with Crippen LogP contribution in [0, 0.1) is 11.6 Å². The lowest BCUT2D eigenvalue weighted by molar-refractivity contribution is 0.511. The molecular weight excluding hydrogens is 264 g/mol. The Morgan fingerprint density at radius 1 is 1.00 bits per heavy atom. The first kappa shape index (κ1) is 10.2. The fourth-order valence-corrected chi connectivity index (χ4v) is 1.60. The van der Waals surface area contributed by atoms with Crippen molar-refractivity contribution in [1.82, 2.24) is 4.98 Å². The summed E-state index contributed by atoms with van der Waals surface area (Å²) in [6, 6.07) is 9.10. The molecule has 0 N–H and O–H groups in total. The summed E-state index contributed by atoms with van der Waals surface area (Å²) < 4.78 is 26.9. The molecule has 0 aliphatic rings. The van der Waals surface area contributed by atoms with E-state index < -0.39 is 11.6 Å². The molecule has 0 radical (unpaired) electrons. The molecule has 0 fully saturated rings. The van der Waals surface area contributed by atoms with Crippen LogP contribution in [0.1, 0.15) is 0 Å². The van der Waals surface area contributed by atoms with Gasteiger partial charge in [0.1, 0.15) is 4.60 Å². The zero-order chi connectivity index (χ0) is 10.8. The standard InChI is InChI=1S/C11H6BrF2N/c12-10-6-2-5-9(15-10)7-3-1-4-8(13)11(7)14/h1-6H. The van der Waals surface area contributed by atoms with E-state index in [4.69, 9.17) is 0 Å². The lowest BCUT2D eigenvalue weighted by Gasteiger charge is -2.03. The number of pyridine rings is 1. The van der Waals surface area contributed by atoms with Gasteiger partial charge in [-0.15, -0.1) is 0 Å². The molecular formula is C11H6BrF2N. The van der Waals surface area contributed by atoms with Gasteiger partial charge in [0.2, 0.25) is 0 Å². The van der Waals surface area contributed by atoms with E-state index >= 15 is 0 Å². The molecule has 2 rings (SSSR count). The van der Waals surface area contributed by atoms with Gasteiger partial charge in [0.25, 0.3) is 0 Å². The highest BCUT2D eigenvalue weighted by Gasteiger charge is 2.10. The fraction of sp³-hybridized carbons (Fsp3) is 0. The Balaban J connectivity index is 2.59. The number of halogens is 3. The van der Waals surface area contributed by atoms with Crippen molar-refractivity contribution in [3.63, 3.8) is 0 Å². The first-order valence-corrected chi connectivity index (χ1v) is 5.05. The third kappa shape index (κ3) is 2.04. The van der Waals surface area contributed by atoms with Crippen molar-refractivity contribution in [3.8, 4) is 11.3 Å². The lowest BCUT2D eigenvalue weighted by atomic mass is 10.1. The van der Waals surface area contributed by atoms with Gasteiger partial charge < -0.3 is 0 Å². The van der Waals surface area contributed by atoms with Crippen molar-refractivity contribution in [3.05, 3.63) is 52.6 Å². The molecule has 0 amide bonds. The van der Waals surface area contributed by atoms with Crippen molar-refractivity contribution >= 4 is 15.9 Å². The average molecular weight is 270 g/mol. The van der Waals surface area contributed by atoms with Crippen molar-refractivity contribution in [2.75, 3.05) is 0 Å². The van der Waals surface area contributed by atoms with E-state index in [0.717, 1.165) is 6.07 Å². The quantitative estimate of drug-likeness (QED) is 0.718. The van der Waals surface area contributed by atoms with Gasteiger partial charge in [0.15, 0.2) is 11.6 Å². The zero-order valence-corrected chi connectivity index (χ0v) is 9.13. The minimum absolute atomic E-state index is 0.163. The van der Waals surface area contributed by atoms with Gasteiger partial charge in [-0.05, 0) is 40.2 Å². The van der Waals surface area contributed by atoms with Crippen LogP contribution >= 0.6 is 15.9 Å². The molecule has 4 heteroatoms. The summed E-state index contributed by atoms with van der Waals surface area (Å²) in [4.78, 5) is 4.06. The predicted octanol–water partition coefficient (Wildman–Crippen LogP) is 3.79. The molecule has 1 nitrogen and oxygen atoms in total. The van der Waals surface area contributed by atoms with Crippen molar-refractivity contribution in [2.45, 2.75) is 0 Å². The molecule has 0 aliphatic heterocycles. The monoisotopic (exact) mass is 269 g/mol. The Kier molecular flexibility index (Phi) is 2.77. The van der Waals surface area contributed by atoms with Gasteiger partial charge >= 0.3 is 0 Å². The number of aromatic nitrogens is 1. The van der Waals surface area contributed by atoms with Crippen LogP contribution in [0.25, 0.3) is 11.3 Å². The smallest absolute Gasteiger partial charge is 0.168 e. The maximum atomic E-state index is 13.4. The van der Waals surface area contributed by atoms with E-state index in [-0.39, 0.29) is 5.56 Å². The highest BCUT2D eigenvalue weighted by Crippen LogP contribution is 2.23. The summed E-state index contributed by atoms with van der Waals surface area (Å²) in [5.41, 5.74) is 0.567. The molecule has 0 aliphatic carbocycles. The number of hydrogen-bond donors (Lipinski definition) is 0. The molecule has 1 aromatic heterocycles. The van der Waals surface area contributed by atoms with Crippen molar-refractivity contribution in [1.29, 1.82) is 0 Å². The van der Waals surface area contributed by atoms with Crippen LogP contribution in [0.15, 0.2) is 41.0 Å². The Morgan fingerprint density at radius 2 is 1.73 bits per heavy atom. The second-order valence-electron chi connectivity index (χ2n) is 2.95. The fourth-order valence-electron chi connectivity index (χ4n) is 1.26. The van der Waals surface area contributed by atoms with Crippen LogP contribution in [0.5, 0.6) is 0 Å². The van der Waals surface area contributed by atoms with Gasteiger partial charge in [-0.1, -0.05) is 12.1 Å². The Labute approximate surface area is 93.9 Å². The highest BCUT2D eigenvalue weighted by molar-refractivity contribution is 9.10. The third-order valence-electron chi connectivity index (χ3n) is 1.94. The molecule has 0 atom stereocenters. The maximum absolute atomic E-state index is 13.4. The minimum atomic E-state index is -0.872. The van der Waals surface area contributed by atoms with Gasteiger partial charge in [-0.2, -0.15) is 0 Å². The van der Waals surface area contributed by atoms with Crippen molar-refractivity contribution in [2.24, 2.45) is 0 Å². The zero-order valence-electron chi connectivity index (χ0n) is 7.55. The molecule has 15 heavy (non-hydrogen) atoms. The van der Waals surface area contributed by atoms with Crippen LogP contribution in [0.3, 0.4) is 0 Å². The Bertz CT molecular complexity index is 500. The largest absolute Gasteiger partial charge is 0.241 e. The van der Waals surface area contributed by atoms with Crippen LogP contribution in [0.2, 0.25) is 0 Å². The number of hydrogen-bond acceptors (Lipinski definition) is 1. The lowest BCUT2D eigenvalue weighted by Crippen LogP contribution is -1.91. The maximum Gasteiger partial charge on any atom is 0.168 e. The second-order valence-corrected chi connectivity index (χ2v) is 3.76. The SMILES string of the molecule is Fc1cccc(-c2cccc(Br)n2)c1F. The van der Waals surface area contributed by atoms with E-state index in [1.54, 1.807) is 18.2 Å². The van der Waals surface area contributed by atoms with Crippen LogP contribution in [0.4, 0.5) is 8.78 Å². The molecule has 0 saturated carbocycles. The molecule has 0 saturated heterocycles. The summed E-state index contributed by atoms with van der Waals surface area (Å²) in [6.45, 7) is 0. The summed E-state index contributed by atoms with van der Waals surface area (Å²) in [7, 11) is 0. The van der Waals surface area contributed by atoms with Gasteiger partial charge in [-0.3, -0.25) is 0 Å². The first-order valence-electron chi connectivity index (χ1n) is 4.25. The van der Waals surface area contributed by atoms with Gasteiger partial charge in [0, 0.05) is 5.56 Å². The summed E-state index contributed by atoms with van der Waals surface area (Å²) in [6.07, 6.45) is 0. The number of benzene rings is 1. The normalized spacial score (nSPS) is 10.3. The van der Waals surface area contributed by atoms with Crippen LogP contribution in [-0.4, -0.2) is 4.98 Å². The Morgan fingerprint density at radius 3 is 2.47 bits per heavy atom. The second kappa shape index (κ2) is 4.06. The molecule has 2 aromatic rings. The third-order valence-corrected chi connectivity index (χ3v) is 2.38. The van der Waals surface area contributed by atoms with E-state index in [1.807, 2.05) is 0 Å². The summed E-state index contributed by atoms with van der Waals surface area (Å²) in [5.74, 6) is -1.74. The van der Waals surface area contributed by atoms with Crippen molar-refractivity contribution < 1.29 is 8.78 Å². The Hall–Kier alpha value is -1.29. The molecule has 1 aromatic carbocycles. The van der Waals surface area contributed by atoms with Crippen LogP contribution < -0.4 is 0 Å². The summed E-state index contributed by atoms with van der Waals surface area (Å²) in [5, 5.41) is 0. The minimum Gasteiger partial charge on any atom is -0.241 e. The van der Waals surface area contributed by atoms with E-state index in [9.17, 15) is 8.78 Å². The summed E-state index contributed by atoms with van der Waals surface area (Å²) >= 11 is 3.18. The van der Waals surface area contributed by atoms with Crippen LogP contribution in [-0.2, 0) is 0 Å². The van der Waals surface area contributed by atoms with E-state index in [1.165, 1.54) is 12.1 Å². The number of rotatable bonds is 1. The predicted molar refractivity (Wildman–Crippen MR) is 57.3 cm³/mol. The number of nitrogens with zero attached hydrogens (tertiary/aromatic N) is 1. The molecule has 0 unspecified atom stereocenters. The highest BCUT2D eigenvalue weighted by atomic mass is 79.9.